The second-order valence-electron chi connectivity index (χ2n) is 9.19. The molecule has 2 heterocycles. The first kappa shape index (κ1) is 30.0. The Morgan fingerprint density at radius 3 is 2.51 bits per heavy atom. The fraction of sp³-hybridized carbons (Fsp3) is 0.520. The van der Waals surface area contributed by atoms with Crippen LogP contribution in [0.5, 0.6) is 0 Å². The van der Waals surface area contributed by atoms with Crippen LogP contribution in [0.2, 0.25) is 0 Å². The number of amides is 3. The average Bonchev–Trinajstić information content (AvgIpc) is 3.15. The van der Waals surface area contributed by atoms with Crippen LogP contribution >= 0.6 is 0 Å². The first-order valence-electron chi connectivity index (χ1n) is 12.5. The van der Waals surface area contributed by atoms with E-state index in [2.05, 4.69) is 20.9 Å². The monoisotopic (exact) mass is 551 g/mol. The molecule has 214 valence electrons. The summed E-state index contributed by atoms with van der Waals surface area (Å²) < 4.78 is 25.5. The highest BCUT2D eigenvalue weighted by Crippen LogP contribution is 2.28. The van der Waals surface area contributed by atoms with Gasteiger partial charge in [0.05, 0.1) is 6.10 Å². The standard InChI is InChI=1S/C25H34FN5O8/c1-14-19(33)20(34)23(39-14)31-12-17(26)21(30-24(31)36)29-22(35)18(10-6-7-11-27-15(2)32)28-25(37)38-13-16-8-4-3-5-9-16/h3-5,8-9,12,14,18-20,23-24,33-34,36H,6-7,10-11,13H2,1-2H3,(H,27,32)(H,28,37)(H,29,30,35). The predicted molar refractivity (Wildman–Crippen MR) is 135 cm³/mol. The molecule has 2 aliphatic heterocycles. The molecule has 0 aromatic heterocycles. The van der Waals surface area contributed by atoms with Crippen LogP contribution in [0.3, 0.4) is 0 Å². The van der Waals surface area contributed by atoms with E-state index >= 15 is 0 Å². The summed E-state index contributed by atoms with van der Waals surface area (Å²) in [5.41, 5.74) is 0.740. The minimum Gasteiger partial charge on any atom is -0.445 e. The fourth-order valence-electron chi connectivity index (χ4n) is 3.99. The molecule has 6 N–H and O–H groups in total. The van der Waals surface area contributed by atoms with Crippen molar-refractivity contribution in [1.29, 1.82) is 0 Å². The molecule has 6 atom stereocenters. The molecule has 0 spiro atoms. The molecule has 0 aliphatic carbocycles. The maximum absolute atomic E-state index is 14.9. The minimum atomic E-state index is -1.74. The number of carbonyl (C=O) groups excluding carboxylic acids is 3. The minimum absolute atomic E-state index is 0.0297. The van der Waals surface area contributed by atoms with E-state index in [1.807, 2.05) is 6.07 Å². The zero-order valence-electron chi connectivity index (χ0n) is 21.6. The molecule has 6 unspecified atom stereocenters. The van der Waals surface area contributed by atoms with Gasteiger partial charge >= 0.3 is 6.09 Å². The van der Waals surface area contributed by atoms with Crippen LogP contribution in [0.1, 0.15) is 38.7 Å². The van der Waals surface area contributed by atoms with E-state index in [1.165, 1.54) is 13.8 Å². The van der Waals surface area contributed by atoms with Crippen LogP contribution < -0.4 is 16.0 Å². The Balaban J connectivity index is 1.62. The number of nitrogens with zero attached hydrogens (tertiary/aromatic N) is 2. The number of nitrogens with one attached hydrogen (secondary N) is 3. The summed E-state index contributed by atoms with van der Waals surface area (Å²) in [6.45, 7) is 3.23. The lowest BCUT2D eigenvalue weighted by Crippen LogP contribution is -2.52. The molecule has 0 bridgehead atoms. The Kier molecular flexibility index (Phi) is 10.7. The SMILES string of the molecule is CC(=O)NCCCCC(NC(=O)OCc1ccccc1)C(=O)NC1=NC(O)N(C2OC(C)C(O)C2O)C=C1F. The number of halogens is 1. The number of benzene rings is 1. The van der Waals surface area contributed by atoms with E-state index in [0.717, 1.165) is 16.7 Å². The van der Waals surface area contributed by atoms with Gasteiger partial charge in [-0.05, 0) is 31.7 Å². The number of carbonyl (C=O) groups is 3. The Bertz CT molecular complexity index is 1070. The quantitative estimate of drug-likeness (QED) is 0.218. The first-order valence-corrected chi connectivity index (χ1v) is 12.5. The highest BCUT2D eigenvalue weighted by atomic mass is 19.1. The smallest absolute Gasteiger partial charge is 0.408 e. The molecule has 39 heavy (non-hydrogen) atoms. The number of ether oxygens (including phenoxy) is 2. The third-order valence-electron chi connectivity index (χ3n) is 6.13. The molecule has 2 aliphatic rings. The zero-order chi connectivity index (χ0) is 28.5. The second kappa shape index (κ2) is 14.0. The van der Waals surface area contributed by atoms with Crippen molar-refractivity contribution >= 4 is 23.7 Å². The third-order valence-corrected chi connectivity index (χ3v) is 6.13. The number of alkyl carbamates (subject to hydrolysis) is 1. The number of hydrogen-bond acceptors (Lipinski definition) is 10. The Labute approximate surface area is 224 Å². The van der Waals surface area contributed by atoms with Crippen molar-refractivity contribution in [3.8, 4) is 0 Å². The number of aliphatic imine (C=N–C) groups is 1. The van der Waals surface area contributed by atoms with Crippen molar-refractivity contribution in [3.63, 3.8) is 0 Å². The van der Waals surface area contributed by atoms with Crippen molar-refractivity contribution in [1.82, 2.24) is 20.9 Å². The molecular weight excluding hydrogens is 517 g/mol. The van der Waals surface area contributed by atoms with Crippen LogP contribution in [0, 0.1) is 0 Å². The van der Waals surface area contributed by atoms with E-state index in [9.17, 15) is 34.1 Å². The summed E-state index contributed by atoms with van der Waals surface area (Å²) in [5, 5.41) is 37.8. The highest BCUT2D eigenvalue weighted by Gasteiger charge is 2.45. The van der Waals surface area contributed by atoms with Gasteiger partial charge in [-0.2, -0.15) is 0 Å². The molecule has 3 rings (SSSR count). The Morgan fingerprint density at radius 1 is 1.15 bits per heavy atom. The maximum atomic E-state index is 14.9. The second-order valence-corrected chi connectivity index (χ2v) is 9.19. The molecule has 0 radical (unpaired) electrons. The van der Waals surface area contributed by atoms with Gasteiger partial charge < -0.3 is 45.6 Å². The number of unbranched alkanes of at least 4 members (excludes halogenated alkanes) is 1. The van der Waals surface area contributed by atoms with E-state index < -0.39 is 60.6 Å². The van der Waals surface area contributed by atoms with Crippen molar-refractivity contribution in [2.24, 2.45) is 4.99 Å². The zero-order valence-corrected chi connectivity index (χ0v) is 21.6. The highest BCUT2D eigenvalue weighted by molar-refractivity contribution is 6.08. The molecule has 1 fully saturated rings. The topological polar surface area (TPSA) is 182 Å². The summed E-state index contributed by atoms with van der Waals surface area (Å²) in [6.07, 6.45) is -5.44. The van der Waals surface area contributed by atoms with Crippen molar-refractivity contribution in [3.05, 3.63) is 47.9 Å². The van der Waals surface area contributed by atoms with Gasteiger partial charge in [0.15, 0.2) is 17.9 Å². The van der Waals surface area contributed by atoms with Crippen molar-refractivity contribution in [2.45, 2.75) is 76.7 Å². The number of aliphatic hydroxyl groups excluding tert-OH is 3. The summed E-state index contributed by atoms with van der Waals surface area (Å²) in [6, 6.07) is 7.77. The number of rotatable bonds is 10. The Morgan fingerprint density at radius 2 is 1.87 bits per heavy atom. The van der Waals surface area contributed by atoms with Gasteiger partial charge in [-0.3, -0.25) is 9.59 Å². The van der Waals surface area contributed by atoms with Crippen LogP contribution in [-0.4, -0.2) is 87.4 Å². The number of amidine groups is 1. The van der Waals surface area contributed by atoms with Crippen LogP contribution in [0.15, 0.2) is 47.4 Å². The Hall–Kier alpha value is -3.59. The van der Waals surface area contributed by atoms with Crippen LogP contribution in [-0.2, 0) is 25.7 Å². The molecule has 1 aromatic rings. The fourth-order valence-corrected chi connectivity index (χ4v) is 3.99. The first-order chi connectivity index (χ1) is 18.6. The summed E-state index contributed by atoms with van der Waals surface area (Å²) >= 11 is 0. The molecule has 14 heteroatoms. The van der Waals surface area contributed by atoms with Gasteiger partial charge in [0.2, 0.25) is 18.2 Å². The summed E-state index contributed by atoms with van der Waals surface area (Å²) in [7, 11) is 0. The molecule has 3 amide bonds. The normalized spacial score (nSPS) is 25.3. The number of hydrogen-bond donors (Lipinski definition) is 6. The maximum Gasteiger partial charge on any atom is 0.408 e. The van der Waals surface area contributed by atoms with E-state index in [0.29, 0.717) is 19.4 Å². The van der Waals surface area contributed by atoms with Crippen molar-refractivity contribution < 1.29 is 43.6 Å². The molecule has 13 nitrogen and oxygen atoms in total. The van der Waals surface area contributed by atoms with Gasteiger partial charge in [-0.25, -0.2) is 14.2 Å². The number of aliphatic hydroxyl groups is 3. The van der Waals surface area contributed by atoms with Gasteiger partial charge in [-0.1, -0.05) is 30.3 Å². The molecule has 1 saturated heterocycles. The van der Waals surface area contributed by atoms with Crippen molar-refractivity contribution in [2.75, 3.05) is 6.54 Å². The third kappa shape index (κ3) is 8.45. The summed E-state index contributed by atoms with van der Waals surface area (Å²) in [5.74, 6) is -2.64. The van der Waals surface area contributed by atoms with E-state index in [4.69, 9.17) is 9.47 Å². The van der Waals surface area contributed by atoms with Gasteiger partial charge in [0, 0.05) is 19.7 Å². The van der Waals surface area contributed by atoms with Crippen LogP contribution in [0.4, 0.5) is 9.18 Å². The van der Waals surface area contributed by atoms with E-state index in [1.54, 1.807) is 24.3 Å². The van der Waals surface area contributed by atoms with Crippen LogP contribution in [0.25, 0.3) is 0 Å². The predicted octanol–water partition coefficient (Wildman–Crippen LogP) is -0.0285. The van der Waals surface area contributed by atoms with Gasteiger partial charge in [0.1, 0.15) is 24.9 Å². The lowest BCUT2D eigenvalue weighted by molar-refractivity contribution is -0.125. The summed E-state index contributed by atoms with van der Waals surface area (Å²) in [4.78, 5) is 41.1. The van der Waals surface area contributed by atoms with E-state index in [-0.39, 0.29) is 18.9 Å². The molecule has 0 saturated carbocycles. The average molecular weight is 552 g/mol. The largest absolute Gasteiger partial charge is 0.445 e. The lowest BCUT2D eigenvalue weighted by Gasteiger charge is -2.33. The lowest BCUT2D eigenvalue weighted by atomic mass is 10.1. The molecule has 1 aromatic carbocycles. The molecular formula is C25H34FN5O8. The van der Waals surface area contributed by atoms with Gasteiger partial charge in [-0.15, -0.1) is 0 Å². The van der Waals surface area contributed by atoms with Gasteiger partial charge in [0.25, 0.3) is 0 Å².